The predicted molar refractivity (Wildman–Crippen MR) is 129 cm³/mol. The van der Waals surface area contributed by atoms with E-state index in [2.05, 4.69) is 34.9 Å². The molecule has 0 aromatic heterocycles. The summed E-state index contributed by atoms with van der Waals surface area (Å²) < 4.78 is 5.55. The second-order valence-corrected chi connectivity index (χ2v) is 8.19. The first-order chi connectivity index (χ1) is 16.5. The molecule has 4 rings (SSSR count). The van der Waals surface area contributed by atoms with Gasteiger partial charge in [0, 0.05) is 11.6 Å². The van der Waals surface area contributed by atoms with E-state index >= 15 is 0 Å². The number of rotatable bonds is 8. The topological polar surface area (TPSA) is 105 Å². The monoisotopic (exact) mass is 458 g/mol. The highest BCUT2D eigenvalue weighted by Gasteiger charge is 2.29. The molecule has 0 heterocycles. The van der Waals surface area contributed by atoms with Crippen LogP contribution in [0.3, 0.4) is 0 Å². The molecule has 3 aromatic carbocycles. The normalized spacial score (nSPS) is 12.9. The van der Waals surface area contributed by atoms with Crippen LogP contribution in [0.5, 0.6) is 0 Å². The maximum Gasteiger partial charge on any atom is 0.411 e. The SMILES string of the molecule is CC[C@H](NC(=O)Cc1ccc(NC(=O)OCC2c3ccccc3-c3ccccc32)cc1)C(=O)O. The van der Waals surface area contributed by atoms with Gasteiger partial charge in [0.05, 0.1) is 6.42 Å². The fourth-order valence-electron chi connectivity index (χ4n) is 4.23. The highest BCUT2D eigenvalue weighted by Crippen LogP contribution is 2.44. The van der Waals surface area contributed by atoms with Crippen molar-refractivity contribution >= 4 is 23.7 Å². The zero-order valence-electron chi connectivity index (χ0n) is 18.8. The van der Waals surface area contributed by atoms with Crippen molar-refractivity contribution in [2.75, 3.05) is 11.9 Å². The molecule has 2 amide bonds. The predicted octanol–water partition coefficient (Wildman–Crippen LogP) is 4.57. The average Bonchev–Trinajstić information content (AvgIpc) is 3.16. The van der Waals surface area contributed by atoms with Gasteiger partial charge in [-0.15, -0.1) is 0 Å². The molecule has 1 aliphatic rings. The minimum atomic E-state index is -1.06. The third-order valence-electron chi connectivity index (χ3n) is 5.95. The molecular formula is C27H26N2O5. The van der Waals surface area contributed by atoms with E-state index in [0.29, 0.717) is 17.7 Å². The Morgan fingerprint density at radius 2 is 1.50 bits per heavy atom. The number of anilines is 1. The van der Waals surface area contributed by atoms with E-state index in [1.807, 2.05) is 24.3 Å². The Morgan fingerprint density at radius 3 is 2.06 bits per heavy atom. The van der Waals surface area contributed by atoms with Crippen LogP contribution in [0.15, 0.2) is 72.8 Å². The zero-order valence-corrected chi connectivity index (χ0v) is 18.8. The van der Waals surface area contributed by atoms with Crippen molar-refractivity contribution in [1.82, 2.24) is 5.32 Å². The van der Waals surface area contributed by atoms with E-state index in [-0.39, 0.29) is 24.9 Å². The molecule has 0 unspecified atom stereocenters. The summed E-state index contributed by atoms with van der Waals surface area (Å²) in [5.41, 5.74) is 5.87. The van der Waals surface area contributed by atoms with Crippen LogP contribution in [0, 0.1) is 0 Å². The number of carboxylic acid groups (broad SMARTS) is 1. The number of carbonyl (C=O) groups excluding carboxylic acids is 2. The summed E-state index contributed by atoms with van der Waals surface area (Å²) in [5, 5.41) is 14.3. The van der Waals surface area contributed by atoms with E-state index in [4.69, 9.17) is 9.84 Å². The number of amides is 2. The molecule has 0 aliphatic heterocycles. The van der Waals surface area contributed by atoms with Crippen molar-refractivity contribution in [3.05, 3.63) is 89.5 Å². The summed E-state index contributed by atoms with van der Waals surface area (Å²) in [6.07, 6.45) is -0.196. The van der Waals surface area contributed by atoms with E-state index in [0.717, 1.165) is 11.1 Å². The summed E-state index contributed by atoms with van der Waals surface area (Å²) in [7, 11) is 0. The largest absolute Gasteiger partial charge is 0.480 e. The number of nitrogens with one attached hydrogen (secondary N) is 2. The average molecular weight is 459 g/mol. The molecule has 3 N–H and O–H groups in total. The van der Waals surface area contributed by atoms with E-state index in [1.54, 1.807) is 31.2 Å². The summed E-state index contributed by atoms with van der Waals surface area (Å²) in [6.45, 7) is 1.92. The number of ether oxygens (including phenoxy) is 1. The minimum absolute atomic E-state index is 0.0169. The number of carbonyl (C=O) groups is 3. The molecule has 1 aliphatic carbocycles. The lowest BCUT2D eigenvalue weighted by Crippen LogP contribution is -2.40. The first-order valence-corrected chi connectivity index (χ1v) is 11.2. The van der Waals surface area contributed by atoms with Crippen molar-refractivity contribution in [3.63, 3.8) is 0 Å². The smallest absolute Gasteiger partial charge is 0.411 e. The third-order valence-corrected chi connectivity index (χ3v) is 5.95. The highest BCUT2D eigenvalue weighted by molar-refractivity contribution is 5.86. The molecule has 0 radical (unpaired) electrons. The van der Waals surface area contributed by atoms with Crippen molar-refractivity contribution in [2.45, 2.75) is 31.7 Å². The van der Waals surface area contributed by atoms with Crippen molar-refractivity contribution in [3.8, 4) is 11.1 Å². The Hall–Kier alpha value is -4.13. The number of benzene rings is 3. The molecule has 0 saturated carbocycles. The molecule has 0 saturated heterocycles. The van der Waals surface area contributed by atoms with Crippen LogP contribution >= 0.6 is 0 Å². The lowest BCUT2D eigenvalue weighted by molar-refractivity contribution is -0.141. The van der Waals surface area contributed by atoms with Gasteiger partial charge in [-0.2, -0.15) is 0 Å². The van der Waals surface area contributed by atoms with Gasteiger partial charge < -0.3 is 15.2 Å². The first-order valence-electron chi connectivity index (χ1n) is 11.2. The fourth-order valence-corrected chi connectivity index (χ4v) is 4.23. The van der Waals surface area contributed by atoms with Gasteiger partial charge in [0.2, 0.25) is 5.91 Å². The van der Waals surface area contributed by atoms with E-state index in [9.17, 15) is 14.4 Å². The summed E-state index contributed by atoms with van der Waals surface area (Å²) in [4.78, 5) is 35.5. The van der Waals surface area contributed by atoms with Crippen LogP contribution in [0.4, 0.5) is 10.5 Å². The Balaban J connectivity index is 1.32. The number of fused-ring (bicyclic) bond motifs is 3. The summed E-state index contributed by atoms with van der Waals surface area (Å²) in [5.74, 6) is -1.44. The Morgan fingerprint density at radius 1 is 0.912 bits per heavy atom. The van der Waals surface area contributed by atoms with Crippen molar-refractivity contribution in [1.29, 1.82) is 0 Å². The van der Waals surface area contributed by atoms with Gasteiger partial charge in [-0.05, 0) is 46.4 Å². The lowest BCUT2D eigenvalue weighted by Gasteiger charge is -2.15. The molecule has 7 nitrogen and oxygen atoms in total. The molecular weight excluding hydrogens is 432 g/mol. The molecule has 0 spiro atoms. The number of carboxylic acids is 1. The zero-order chi connectivity index (χ0) is 24.1. The molecule has 3 aromatic rings. The van der Waals surface area contributed by atoms with Crippen LogP contribution in [0.2, 0.25) is 0 Å². The highest BCUT2D eigenvalue weighted by atomic mass is 16.5. The second kappa shape index (κ2) is 10.2. The quantitative estimate of drug-likeness (QED) is 0.459. The molecule has 7 heteroatoms. The van der Waals surface area contributed by atoms with Crippen LogP contribution < -0.4 is 10.6 Å². The number of hydrogen-bond acceptors (Lipinski definition) is 4. The maximum atomic E-state index is 12.4. The van der Waals surface area contributed by atoms with Crippen LogP contribution in [0.1, 0.15) is 36.0 Å². The maximum absolute atomic E-state index is 12.4. The van der Waals surface area contributed by atoms with Crippen molar-refractivity contribution < 1.29 is 24.2 Å². The van der Waals surface area contributed by atoms with E-state index in [1.165, 1.54) is 11.1 Å². The van der Waals surface area contributed by atoms with Crippen LogP contribution in [-0.4, -0.2) is 35.7 Å². The van der Waals surface area contributed by atoms with Gasteiger partial charge in [0.15, 0.2) is 0 Å². The van der Waals surface area contributed by atoms with Crippen LogP contribution in [0.25, 0.3) is 11.1 Å². The Bertz CT molecular complexity index is 1160. The Kier molecular flexibility index (Phi) is 6.92. The van der Waals surface area contributed by atoms with Gasteiger partial charge in [-0.1, -0.05) is 67.6 Å². The molecule has 0 bridgehead atoms. The summed E-state index contributed by atoms with van der Waals surface area (Å²) in [6, 6.07) is 22.2. The Labute approximate surface area is 197 Å². The van der Waals surface area contributed by atoms with E-state index < -0.39 is 18.1 Å². The van der Waals surface area contributed by atoms with Gasteiger partial charge in [-0.25, -0.2) is 9.59 Å². The van der Waals surface area contributed by atoms with Crippen molar-refractivity contribution in [2.24, 2.45) is 0 Å². The van der Waals surface area contributed by atoms with Gasteiger partial charge >= 0.3 is 12.1 Å². The molecule has 174 valence electrons. The molecule has 34 heavy (non-hydrogen) atoms. The number of hydrogen-bond donors (Lipinski definition) is 3. The molecule has 0 fully saturated rings. The third kappa shape index (κ3) is 5.09. The fraction of sp³-hybridized carbons (Fsp3) is 0.222. The standard InChI is InChI=1S/C27H26N2O5/c1-2-24(26(31)32)29-25(30)15-17-11-13-18(14-12-17)28-27(33)34-16-23-21-9-5-3-7-19(21)20-8-4-6-10-22(20)23/h3-14,23-24H,2,15-16H2,1H3,(H,28,33)(H,29,30)(H,31,32)/t24-/m0/s1. The van der Waals surface area contributed by atoms with Gasteiger partial charge in [0.25, 0.3) is 0 Å². The van der Waals surface area contributed by atoms with Gasteiger partial charge in [0.1, 0.15) is 12.6 Å². The lowest BCUT2D eigenvalue weighted by atomic mass is 9.98. The summed E-state index contributed by atoms with van der Waals surface area (Å²) >= 11 is 0. The second-order valence-electron chi connectivity index (χ2n) is 8.19. The van der Waals surface area contributed by atoms with Gasteiger partial charge in [-0.3, -0.25) is 10.1 Å². The molecule has 1 atom stereocenters. The minimum Gasteiger partial charge on any atom is -0.480 e. The number of aliphatic carboxylic acids is 1. The first kappa shape index (κ1) is 23.0. The van der Waals surface area contributed by atoms with Crippen LogP contribution in [-0.2, 0) is 20.7 Å².